The smallest absolute Gasteiger partial charge is 0.0829 e. The molecule has 3 nitrogen and oxygen atoms in total. The molecule has 0 amide bonds. The lowest BCUT2D eigenvalue weighted by Gasteiger charge is -2.16. The van der Waals surface area contributed by atoms with E-state index in [-0.39, 0.29) is 0 Å². The van der Waals surface area contributed by atoms with E-state index in [2.05, 4.69) is 59.9 Å². The molecule has 2 aromatic rings. The van der Waals surface area contributed by atoms with Crippen LogP contribution in [0.4, 0.5) is 0 Å². The van der Waals surface area contributed by atoms with Gasteiger partial charge in [0.15, 0.2) is 0 Å². The largest absolute Gasteiger partial charge is 0.312 e. The number of aryl methyl sites for hydroxylation is 1. The van der Waals surface area contributed by atoms with Gasteiger partial charge in [-0.2, -0.15) is 0 Å². The van der Waals surface area contributed by atoms with Crippen LogP contribution < -0.4 is 5.32 Å². The normalized spacial score (nSPS) is 12.9. The quantitative estimate of drug-likeness (QED) is 0.908. The van der Waals surface area contributed by atoms with Gasteiger partial charge in [-0.05, 0) is 43.4 Å². The standard InChI is InChI=1S/C15H21N3S/c1-10(2)14-15(19-18-17-14)13(16-4)9-12-7-5-6-11(3)8-12/h5-8,10,13,16H,9H2,1-4H3. The molecule has 1 N–H and O–H groups in total. The second-order valence-electron chi connectivity index (χ2n) is 5.21. The maximum absolute atomic E-state index is 4.27. The highest BCUT2D eigenvalue weighted by Crippen LogP contribution is 2.28. The van der Waals surface area contributed by atoms with Crippen molar-refractivity contribution in [2.45, 2.75) is 39.2 Å². The van der Waals surface area contributed by atoms with Crippen LogP contribution in [0.15, 0.2) is 24.3 Å². The lowest BCUT2D eigenvalue weighted by atomic mass is 9.99. The second kappa shape index (κ2) is 6.26. The first-order chi connectivity index (χ1) is 9.11. The van der Waals surface area contributed by atoms with Gasteiger partial charge in [0.05, 0.1) is 10.6 Å². The van der Waals surface area contributed by atoms with E-state index in [0.29, 0.717) is 12.0 Å². The second-order valence-corrected chi connectivity index (χ2v) is 6.00. The Morgan fingerprint density at radius 3 is 2.74 bits per heavy atom. The molecule has 102 valence electrons. The molecule has 1 aromatic heterocycles. The number of nitrogens with zero attached hydrogens (tertiary/aromatic N) is 2. The highest BCUT2D eigenvalue weighted by Gasteiger charge is 2.20. The van der Waals surface area contributed by atoms with E-state index in [9.17, 15) is 0 Å². The predicted molar refractivity (Wildman–Crippen MR) is 80.7 cm³/mol. The van der Waals surface area contributed by atoms with Gasteiger partial charge >= 0.3 is 0 Å². The number of rotatable bonds is 5. The van der Waals surface area contributed by atoms with Crippen molar-refractivity contribution in [3.05, 3.63) is 46.0 Å². The Hall–Kier alpha value is -1.26. The predicted octanol–water partition coefficient (Wildman–Crippen LogP) is 3.47. The average molecular weight is 275 g/mol. The number of nitrogens with one attached hydrogen (secondary N) is 1. The molecule has 0 aliphatic heterocycles. The highest BCUT2D eigenvalue weighted by atomic mass is 32.1. The maximum Gasteiger partial charge on any atom is 0.0829 e. The van der Waals surface area contributed by atoms with Gasteiger partial charge in [0, 0.05) is 6.04 Å². The first kappa shape index (κ1) is 14.2. The molecule has 1 atom stereocenters. The molecule has 0 saturated carbocycles. The van der Waals surface area contributed by atoms with E-state index < -0.39 is 0 Å². The molecule has 0 bridgehead atoms. The van der Waals surface area contributed by atoms with Gasteiger partial charge in [-0.1, -0.05) is 48.2 Å². The van der Waals surface area contributed by atoms with Gasteiger partial charge in [0.2, 0.25) is 0 Å². The van der Waals surface area contributed by atoms with Crippen molar-refractivity contribution in [3.8, 4) is 0 Å². The van der Waals surface area contributed by atoms with Crippen LogP contribution in [0.1, 0.15) is 47.5 Å². The number of hydrogen-bond acceptors (Lipinski definition) is 4. The molecular formula is C15H21N3S. The monoisotopic (exact) mass is 275 g/mol. The fraction of sp³-hybridized carbons (Fsp3) is 0.467. The van der Waals surface area contributed by atoms with Crippen LogP contribution in [0.3, 0.4) is 0 Å². The highest BCUT2D eigenvalue weighted by molar-refractivity contribution is 7.05. The number of aromatic nitrogens is 2. The number of benzene rings is 1. The van der Waals surface area contributed by atoms with Crippen LogP contribution in [-0.2, 0) is 6.42 Å². The first-order valence-electron chi connectivity index (χ1n) is 6.66. The van der Waals surface area contributed by atoms with Crippen LogP contribution >= 0.6 is 11.5 Å². The maximum atomic E-state index is 4.27. The summed E-state index contributed by atoms with van der Waals surface area (Å²) in [5.74, 6) is 0.419. The molecule has 19 heavy (non-hydrogen) atoms. The van der Waals surface area contributed by atoms with E-state index in [0.717, 1.165) is 12.1 Å². The summed E-state index contributed by atoms with van der Waals surface area (Å²) in [5, 5.41) is 7.67. The lowest BCUT2D eigenvalue weighted by molar-refractivity contribution is 0.589. The Morgan fingerprint density at radius 1 is 1.32 bits per heavy atom. The summed E-state index contributed by atoms with van der Waals surface area (Å²) in [7, 11) is 2.00. The van der Waals surface area contributed by atoms with Gasteiger partial charge in [0.25, 0.3) is 0 Å². The third-order valence-electron chi connectivity index (χ3n) is 3.27. The van der Waals surface area contributed by atoms with Crippen LogP contribution in [0.25, 0.3) is 0 Å². The molecule has 0 spiro atoms. The Morgan fingerprint density at radius 2 is 2.11 bits per heavy atom. The zero-order valence-electron chi connectivity index (χ0n) is 12.0. The van der Waals surface area contributed by atoms with E-state index >= 15 is 0 Å². The van der Waals surface area contributed by atoms with Gasteiger partial charge in [0.1, 0.15) is 0 Å². The van der Waals surface area contributed by atoms with Gasteiger partial charge in [-0.25, -0.2) is 0 Å². The first-order valence-corrected chi connectivity index (χ1v) is 7.44. The van der Waals surface area contributed by atoms with Crippen molar-refractivity contribution in [3.63, 3.8) is 0 Å². The minimum absolute atomic E-state index is 0.291. The van der Waals surface area contributed by atoms with Crippen LogP contribution in [-0.4, -0.2) is 16.6 Å². The molecule has 1 aromatic carbocycles. The minimum Gasteiger partial charge on any atom is -0.312 e. The Kier molecular flexibility index (Phi) is 4.66. The molecule has 0 saturated heterocycles. The zero-order valence-corrected chi connectivity index (χ0v) is 12.8. The number of likely N-dealkylation sites (N-methyl/N-ethyl adjacent to an activating group) is 1. The average Bonchev–Trinajstić information content (AvgIpc) is 2.85. The summed E-state index contributed by atoms with van der Waals surface area (Å²) in [5.41, 5.74) is 3.78. The summed E-state index contributed by atoms with van der Waals surface area (Å²) in [6.07, 6.45) is 0.974. The third-order valence-corrected chi connectivity index (χ3v) is 4.13. The van der Waals surface area contributed by atoms with Crippen molar-refractivity contribution in [1.29, 1.82) is 0 Å². The molecule has 0 fully saturated rings. The third kappa shape index (κ3) is 3.39. The molecule has 0 aliphatic rings. The summed E-state index contributed by atoms with van der Waals surface area (Å²) in [4.78, 5) is 1.26. The topological polar surface area (TPSA) is 37.8 Å². The van der Waals surface area contributed by atoms with E-state index in [1.807, 2.05) is 7.05 Å². The zero-order chi connectivity index (χ0) is 13.8. The van der Waals surface area contributed by atoms with Crippen molar-refractivity contribution >= 4 is 11.5 Å². The molecule has 2 rings (SSSR count). The Balaban J connectivity index is 2.23. The van der Waals surface area contributed by atoms with Gasteiger partial charge in [-0.3, -0.25) is 0 Å². The lowest BCUT2D eigenvalue weighted by Crippen LogP contribution is -2.19. The van der Waals surface area contributed by atoms with E-state index in [1.54, 1.807) is 0 Å². The molecule has 0 aliphatic carbocycles. The summed E-state index contributed by atoms with van der Waals surface area (Å²) >= 11 is 1.51. The summed E-state index contributed by atoms with van der Waals surface area (Å²) < 4.78 is 4.12. The SMILES string of the molecule is CNC(Cc1cccc(C)c1)c1snnc1C(C)C. The summed E-state index contributed by atoms with van der Waals surface area (Å²) in [6, 6.07) is 8.96. The van der Waals surface area contributed by atoms with Gasteiger partial charge < -0.3 is 5.32 Å². The number of hydrogen-bond donors (Lipinski definition) is 1. The van der Waals surface area contributed by atoms with Crippen molar-refractivity contribution in [2.24, 2.45) is 0 Å². The van der Waals surface area contributed by atoms with Crippen molar-refractivity contribution in [2.75, 3.05) is 7.05 Å². The molecule has 1 unspecified atom stereocenters. The molecule has 0 radical (unpaired) electrons. The van der Waals surface area contributed by atoms with E-state index in [1.165, 1.54) is 27.5 Å². The van der Waals surface area contributed by atoms with Gasteiger partial charge in [-0.15, -0.1) is 5.10 Å². The fourth-order valence-corrected chi connectivity index (χ4v) is 3.16. The fourth-order valence-electron chi connectivity index (χ4n) is 2.25. The van der Waals surface area contributed by atoms with Crippen molar-refractivity contribution < 1.29 is 0 Å². The van der Waals surface area contributed by atoms with Crippen LogP contribution in [0.5, 0.6) is 0 Å². The molecule has 1 heterocycles. The molecular weight excluding hydrogens is 254 g/mol. The molecule has 4 heteroatoms. The van der Waals surface area contributed by atoms with Crippen molar-refractivity contribution in [1.82, 2.24) is 14.9 Å². The van der Waals surface area contributed by atoms with Crippen LogP contribution in [0.2, 0.25) is 0 Å². The Bertz CT molecular complexity index is 534. The minimum atomic E-state index is 0.291. The summed E-state index contributed by atoms with van der Waals surface area (Å²) in [6.45, 7) is 6.46. The van der Waals surface area contributed by atoms with Crippen LogP contribution in [0, 0.1) is 6.92 Å². The Labute approximate surface area is 119 Å². The van der Waals surface area contributed by atoms with E-state index in [4.69, 9.17) is 0 Å².